The minimum absolute atomic E-state index is 0.191. The Balaban J connectivity index is 2.68. The number of phosphoric acid groups is 1. The van der Waals surface area contributed by atoms with Crippen LogP contribution in [0.1, 0.15) is 19.4 Å². The molecule has 84 valence electrons. The summed E-state index contributed by atoms with van der Waals surface area (Å²) in [4.78, 5) is 17.1. The van der Waals surface area contributed by atoms with E-state index in [2.05, 4.69) is 18.4 Å². The van der Waals surface area contributed by atoms with Gasteiger partial charge in [-0.15, -0.1) is 0 Å². The second-order valence-electron chi connectivity index (χ2n) is 3.82. The minimum Gasteiger partial charge on any atom is -0.404 e. The lowest BCUT2D eigenvalue weighted by molar-refractivity contribution is 0.283. The van der Waals surface area contributed by atoms with Crippen LogP contribution in [0.3, 0.4) is 0 Å². The molecular weight excluding hydrogens is 215 g/mol. The molecule has 0 radical (unpaired) electrons. The SMILES string of the molecule is CC(C)Cc1ccc(OP(=O)(O)O)cc1. The summed E-state index contributed by atoms with van der Waals surface area (Å²) in [7, 11) is -4.43. The van der Waals surface area contributed by atoms with Gasteiger partial charge in [-0.2, -0.15) is 0 Å². The van der Waals surface area contributed by atoms with Crippen molar-refractivity contribution in [2.75, 3.05) is 0 Å². The van der Waals surface area contributed by atoms with Crippen LogP contribution < -0.4 is 4.52 Å². The maximum absolute atomic E-state index is 10.5. The van der Waals surface area contributed by atoms with Crippen molar-refractivity contribution in [3.8, 4) is 5.75 Å². The van der Waals surface area contributed by atoms with E-state index < -0.39 is 7.82 Å². The summed E-state index contributed by atoms with van der Waals surface area (Å²) in [6.45, 7) is 4.22. The van der Waals surface area contributed by atoms with E-state index in [1.54, 1.807) is 12.1 Å². The highest BCUT2D eigenvalue weighted by molar-refractivity contribution is 7.46. The Morgan fingerprint density at radius 1 is 1.27 bits per heavy atom. The van der Waals surface area contributed by atoms with E-state index in [1.165, 1.54) is 0 Å². The average Bonchev–Trinajstić information content (AvgIpc) is 2.05. The number of hydrogen-bond donors (Lipinski definition) is 2. The van der Waals surface area contributed by atoms with Crippen LogP contribution >= 0.6 is 7.82 Å². The summed E-state index contributed by atoms with van der Waals surface area (Å²) < 4.78 is 15.0. The molecule has 0 unspecified atom stereocenters. The standard InChI is InChI=1S/C10H15O4P/c1-8(2)7-9-3-5-10(6-4-9)14-15(11,12)13/h3-6,8H,7H2,1-2H3,(H2,11,12,13). The second-order valence-corrected chi connectivity index (χ2v) is 4.99. The van der Waals surface area contributed by atoms with E-state index in [-0.39, 0.29) is 5.75 Å². The molecule has 0 heterocycles. The van der Waals surface area contributed by atoms with Gasteiger partial charge in [0.2, 0.25) is 0 Å². The van der Waals surface area contributed by atoms with E-state index >= 15 is 0 Å². The maximum Gasteiger partial charge on any atom is 0.524 e. The first-order chi connectivity index (χ1) is 6.87. The van der Waals surface area contributed by atoms with Crippen LogP contribution in [0.5, 0.6) is 5.75 Å². The predicted octanol–water partition coefficient (Wildman–Crippen LogP) is 2.36. The minimum atomic E-state index is -4.43. The van der Waals surface area contributed by atoms with Crippen molar-refractivity contribution >= 4 is 7.82 Å². The van der Waals surface area contributed by atoms with Gasteiger partial charge < -0.3 is 4.52 Å². The molecule has 4 nitrogen and oxygen atoms in total. The zero-order valence-corrected chi connectivity index (χ0v) is 9.65. The van der Waals surface area contributed by atoms with Gasteiger partial charge >= 0.3 is 7.82 Å². The van der Waals surface area contributed by atoms with Crippen LogP contribution in [0.2, 0.25) is 0 Å². The van der Waals surface area contributed by atoms with Gasteiger partial charge in [-0.3, -0.25) is 9.79 Å². The lowest BCUT2D eigenvalue weighted by Crippen LogP contribution is -1.94. The molecule has 0 amide bonds. The number of phosphoric ester groups is 1. The monoisotopic (exact) mass is 230 g/mol. The zero-order chi connectivity index (χ0) is 11.5. The van der Waals surface area contributed by atoms with Crippen LogP contribution in [-0.4, -0.2) is 9.79 Å². The molecule has 0 aliphatic carbocycles. The average molecular weight is 230 g/mol. The summed E-state index contributed by atoms with van der Waals surface area (Å²) in [5.74, 6) is 0.745. The second kappa shape index (κ2) is 4.79. The summed E-state index contributed by atoms with van der Waals surface area (Å²) in [6, 6.07) is 6.75. The van der Waals surface area contributed by atoms with Crippen molar-refractivity contribution in [1.29, 1.82) is 0 Å². The molecule has 0 bridgehead atoms. The van der Waals surface area contributed by atoms with Gasteiger partial charge in [0.05, 0.1) is 0 Å². The Labute approximate surface area is 89.1 Å². The molecule has 0 saturated heterocycles. The van der Waals surface area contributed by atoms with Crippen LogP contribution in [-0.2, 0) is 11.0 Å². The summed E-state index contributed by atoms with van der Waals surface area (Å²) in [5.41, 5.74) is 1.13. The molecule has 1 rings (SSSR count). The fourth-order valence-corrected chi connectivity index (χ4v) is 1.69. The lowest BCUT2D eigenvalue weighted by Gasteiger charge is -2.08. The van der Waals surface area contributed by atoms with E-state index in [0.29, 0.717) is 5.92 Å². The van der Waals surface area contributed by atoms with Crippen molar-refractivity contribution in [3.05, 3.63) is 29.8 Å². The number of benzene rings is 1. The predicted molar refractivity (Wildman–Crippen MR) is 57.7 cm³/mol. The third-order valence-corrected chi connectivity index (χ3v) is 2.24. The molecule has 0 aromatic heterocycles. The zero-order valence-electron chi connectivity index (χ0n) is 8.75. The fraction of sp³-hybridized carbons (Fsp3) is 0.400. The lowest BCUT2D eigenvalue weighted by atomic mass is 10.0. The van der Waals surface area contributed by atoms with E-state index in [9.17, 15) is 4.57 Å². The summed E-state index contributed by atoms with van der Waals surface area (Å²) >= 11 is 0. The van der Waals surface area contributed by atoms with E-state index in [0.717, 1.165) is 12.0 Å². The van der Waals surface area contributed by atoms with Crippen molar-refractivity contribution in [1.82, 2.24) is 0 Å². The number of hydrogen-bond acceptors (Lipinski definition) is 2. The topological polar surface area (TPSA) is 66.8 Å². The van der Waals surface area contributed by atoms with Crippen molar-refractivity contribution < 1.29 is 18.9 Å². The van der Waals surface area contributed by atoms with Crippen molar-refractivity contribution in [3.63, 3.8) is 0 Å². The van der Waals surface area contributed by atoms with Crippen LogP contribution in [0.25, 0.3) is 0 Å². The van der Waals surface area contributed by atoms with Crippen LogP contribution in [0.15, 0.2) is 24.3 Å². The number of rotatable bonds is 4. The van der Waals surface area contributed by atoms with Crippen LogP contribution in [0, 0.1) is 5.92 Å². The Kier molecular flexibility index (Phi) is 3.91. The summed E-state index contributed by atoms with van der Waals surface area (Å²) in [6.07, 6.45) is 0.941. The molecule has 0 spiro atoms. The highest BCUT2D eigenvalue weighted by Crippen LogP contribution is 2.37. The fourth-order valence-electron chi connectivity index (χ4n) is 1.30. The Hall–Kier alpha value is -0.830. The first kappa shape index (κ1) is 12.2. The molecule has 0 aliphatic rings. The van der Waals surface area contributed by atoms with Crippen LogP contribution in [0.4, 0.5) is 0 Å². The molecule has 0 atom stereocenters. The molecule has 15 heavy (non-hydrogen) atoms. The quantitative estimate of drug-likeness (QED) is 0.779. The first-order valence-corrected chi connectivity index (χ1v) is 6.24. The highest BCUT2D eigenvalue weighted by atomic mass is 31.2. The Bertz CT molecular complexity index is 352. The van der Waals surface area contributed by atoms with Gasteiger partial charge in [-0.1, -0.05) is 26.0 Å². The molecule has 0 fully saturated rings. The van der Waals surface area contributed by atoms with Gasteiger partial charge in [-0.05, 0) is 30.0 Å². The van der Waals surface area contributed by atoms with Gasteiger partial charge in [0.25, 0.3) is 0 Å². The molecule has 0 aliphatic heterocycles. The smallest absolute Gasteiger partial charge is 0.404 e. The molecule has 1 aromatic rings. The molecule has 2 N–H and O–H groups in total. The Morgan fingerprint density at radius 3 is 2.20 bits per heavy atom. The third-order valence-electron chi connectivity index (χ3n) is 1.79. The molecule has 0 saturated carbocycles. The van der Waals surface area contributed by atoms with Gasteiger partial charge in [-0.25, -0.2) is 4.57 Å². The normalized spacial score (nSPS) is 11.8. The summed E-state index contributed by atoms with van der Waals surface area (Å²) in [5, 5.41) is 0. The highest BCUT2D eigenvalue weighted by Gasteiger charge is 2.15. The van der Waals surface area contributed by atoms with Gasteiger partial charge in [0, 0.05) is 0 Å². The van der Waals surface area contributed by atoms with Crippen molar-refractivity contribution in [2.45, 2.75) is 20.3 Å². The maximum atomic E-state index is 10.5. The Morgan fingerprint density at radius 2 is 1.80 bits per heavy atom. The van der Waals surface area contributed by atoms with Gasteiger partial charge in [0.15, 0.2) is 0 Å². The van der Waals surface area contributed by atoms with E-state index in [1.807, 2.05) is 12.1 Å². The van der Waals surface area contributed by atoms with Crippen molar-refractivity contribution in [2.24, 2.45) is 5.92 Å². The molecular formula is C10H15O4P. The first-order valence-electron chi connectivity index (χ1n) is 4.71. The van der Waals surface area contributed by atoms with Gasteiger partial charge in [0.1, 0.15) is 5.75 Å². The molecule has 5 heteroatoms. The largest absolute Gasteiger partial charge is 0.524 e. The van der Waals surface area contributed by atoms with E-state index in [4.69, 9.17) is 9.79 Å². The third kappa shape index (κ3) is 4.98. The molecule has 1 aromatic carbocycles.